The van der Waals surface area contributed by atoms with Gasteiger partial charge in [0.25, 0.3) is 0 Å². The highest BCUT2D eigenvalue weighted by Crippen LogP contribution is 2.48. The molecule has 1 aromatic carbocycles. The van der Waals surface area contributed by atoms with Crippen molar-refractivity contribution < 1.29 is 101 Å². The molecule has 22 heteroatoms. The number of benzene rings is 1. The van der Waals surface area contributed by atoms with Crippen molar-refractivity contribution in [1.82, 2.24) is 0 Å². The van der Waals surface area contributed by atoms with Crippen LogP contribution < -0.4 is 0 Å². The first-order chi connectivity index (χ1) is 24.4. The van der Waals surface area contributed by atoms with Gasteiger partial charge in [0.05, 0.1) is 39.6 Å². The highest BCUT2D eigenvalue weighted by Gasteiger charge is 2.71. The number of ether oxygens (including phenoxy) is 4. The first kappa shape index (κ1) is 42.3. The summed E-state index contributed by atoms with van der Waals surface area (Å²) >= 11 is 1.55. The lowest BCUT2D eigenvalue weighted by Crippen LogP contribution is -2.82. The fraction of sp³-hybridized carbons (Fsp3) is 0.800. The summed E-state index contributed by atoms with van der Waals surface area (Å²) in [5.41, 5.74) is -14.7. The zero-order chi connectivity index (χ0) is 38.6. The second-order valence-electron chi connectivity index (χ2n) is 13.4. The van der Waals surface area contributed by atoms with Gasteiger partial charge in [-0.05, 0) is 18.2 Å². The molecule has 1 aromatic rings. The third-order valence-corrected chi connectivity index (χ3v) is 12.8. The van der Waals surface area contributed by atoms with E-state index >= 15 is 0 Å². The Bertz CT molecular complexity index is 1270. The van der Waals surface area contributed by atoms with E-state index in [0.717, 1.165) is 23.5 Å². The smallest absolute Gasteiger partial charge is 0.155 e. The Hall–Kier alpha value is -0.880. The lowest BCUT2D eigenvalue weighted by Gasteiger charge is -2.58. The van der Waals surface area contributed by atoms with E-state index in [1.165, 1.54) is 24.3 Å². The quantitative estimate of drug-likeness (QED) is 0.105. The predicted molar refractivity (Wildman–Crippen MR) is 171 cm³/mol. The summed E-state index contributed by atoms with van der Waals surface area (Å²) in [4.78, 5) is 0.629. The van der Waals surface area contributed by atoms with Gasteiger partial charge in [0, 0.05) is 9.79 Å². The molecule has 4 heterocycles. The number of aliphatic hydroxyl groups excluding tert-OH is 12. The van der Waals surface area contributed by atoms with Crippen molar-refractivity contribution in [3.63, 3.8) is 0 Å². The second kappa shape index (κ2) is 15.9. The summed E-state index contributed by atoms with van der Waals surface area (Å²) < 4.78 is 21.8. The lowest BCUT2D eigenvalue weighted by atomic mass is 9.67. The Kier molecular flexibility index (Phi) is 13.0. The van der Waals surface area contributed by atoms with E-state index in [1.807, 2.05) is 0 Å². The average Bonchev–Trinajstić information content (AvgIpc) is 3.13. The highest BCUT2D eigenvalue weighted by molar-refractivity contribution is 8.00. The van der Waals surface area contributed by atoms with Crippen LogP contribution in [0.2, 0.25) is 0 Å². The molecule has 298 valence electrons. The second-order valence-corrected chi connectivity index (χ2v) is 15.7. The molecular formula is C30H46O20S2. The number of hydrogen-bond donors (Lipinski definition) is 16. The van der Waals surface area contributed by atoms with Crippen LogP contribution in [0.1, 0.15) is 0 Å². The Morgan fingerprint density at radius 1 is 0.538 bits per heavy atom. The van der Waals surface area contributed by atoms with Gasteiger partial charge in [-0.2, -0.15) is 0 Å². The van der Waals surface area contributed by atoms with E-state index in [2.05, 4.69) is 0 Å². The maximum Gasteiger partial charge on any atom is 0.155 e. The lowest BCUT2D eigenvalue weighted by molar-refractivity contribution is -0.362. The molecule has 4 fully saturated rings. The van der Waals surface area contributed by atoms with E-state index in [-0.39, 0.29) is 0 Å². The summed E-state index contributed by atoms with van der Waals surface area (Å²) in [5.74, 6) is 0. The molecule has 5 rings (SSSR count). The first-order valence-electron chi connectivity index (χ1n) is 16.2. The molecule has 0 saturated carbocycles. The topological polar surface area (TPSA) is 361 Å². The molecule has 0 spiro atoms. The van der Waals surface area contributed by atoms with Crippen molar-refractivity contribution >= 4 is 23.5 Å². The van der Waals surface area contributed by atoms with Crippen LogP contribution in [0.15, 0.2) is 34.1 Å². The Morgan fingerprint density at radius 3 is 1.23 bits per heavy atom. The fourth-order valence-corrected chi connectivity index (χ4v) is 9.52. The van der Waals surface area contributed by atoms with E-state index in [9.17, 15) is 81.7 Å². The highest BCUT2D eigenvalue weighted by atomic mass is 32.2. The normalized spacial score (nSPS) is 50.2. The maximum absolute atomic E-state index is 11.6. The number of aliphatic hydroxyl groups is 16. The standard InChI is InChI=1S/C30H46O20S2/c31-5-13-17(35)21(39)27(43,9-47-13)29(45)15(7-33)49-25(19(37)23(29)41)51-11-2-1-3-12(4-11)52-26-20(38)24(42)30(46,16(8-34)50-26)28(44)10-48-14(6-32)18(36)22(28)40/h1-4,13-26,31-46H,5-10H2/t13-,14-,15-,16-,17-,18-,19-,20-,21+,22+,23-,24-,25+,26+,27-,28-,29-,30-/m1/s1. The Balaban J connectivity index is 1.32. The van der Waals surface area contributed by atoms with Gasteiger partial charge < -0.3 is 101 Å². The van der Waals surface area contributed by atoms with Gasteiger partial charge in [-0.25, -0.2) is 0 Å². The van der Waals surface area contributed by atoms with E-state index < -0.39 is 146 Å². The summed E-state index contributed by atoms with van der Waals surface area (Å²) in [7, 11) is 0. The van der Waals surface area contributed by atoms with Gasteiger partial charge in [-0.15, -0.1) is 0 Å². The molecule has 20 nitrogen and oxygen atoms in total. The third kappa shape index (κ3) is 6.62. The summed E-state index contributed by atoms with van der Waals surface area (Å²) in [5, 5.41) is 171. The molecule has 0 bridgehead atoms. The largest absolute Gasteiger partial charge is 0.394 e. The molecule has 52 heavy (non-hydrogen) atoms. The van der Waals surface area contributed by atoms with Crippen LogP contribution >= 0.6 is 23.5 Å². The van der Waals surface area contributed by atoms with E-state index in [4.69, 9.17) is 18.9 Å². The van der Waals surface area contributed by atoms with Crippen molar-refractivity contribution in [3.8, 4) is 0 Å². The molecule has 4 aliphatic heterocycles. The monoisotopic (exact) mass is 790 g/mol. The van der Waals surface area contributed by atoms with Crippen LogP contribution in [-0.2, 0) is 18.9 Å². The summed E-state index contributed by atoms with van der Waals surface area (Å²) in [6, 6.07) is 6.03. The number of rotatable bonds is 10. The SMILES string of the molecule is OC[C@H]1OC[C@](O)([C@]2(O)[C@H](O)[C@@H](O)[C@H](Sc3cccc(S[C@@H]4O[C@H](CO)[C@](O)([C@@]5(O)CO[C@H](CO)[C@@H](O)[C@@H]5O)[C@H](O)[C@H]4O)c3)O[C@@H]2CO)[C@@H](O)[C@@H]1O. The average molecular weight is 791 g/mol. The van der Waals surface area contributed by atoms with Crippen molar-refractivity contribution in [1.29, 1.82) is 0 Å². The molecule has 0 radical (unpaired) electrons. The predicted octanol–water partition coefficient (Wildman–Crippen LogP) is -8.10. The van der Waals surface area contributed by atoms with Gasteiger partial charge in [-0.3, -0.25) is 0 Å². The fourth-order valence-electron chi connectivity index (χ4n) is 7.24. The van der Waals surface area contributed by atoms with Gasteiger partial charge in [-0.1, -0.05) is 29.6 Å². The van der Waals surface area contributed by atoms with Crippen LogP contribution in [0, 0.1) is 0 Å². The molecular weight excluding hydrogens is 744 g/mol. The van der Waals surface area contributed by atoms with Crippen LogP contribution in [0.5, 0.6) is 0 Å². The van der Waals surface area contributed by atoms with Crippen molar-refractivity contribution in [2.75, 3.05) is 39.6 Å². The molecule has 0 aliphatic carbocycles. The first-order valence-corrected chi connectivity index (χ1v) is 17.9. The minimum atomic E-state index is -3.01. The van der Waals surface area contributed by atoms with Crippen molar-refractivity contribution in [2.24, 2.45) is 0 Å². The minimum Gasteiger partial charge on any atom is -0.394 e. The van der Waals surface area contributed by atoms with Crippen molar-refractivity contribution in [3.05, 3.63) is 24.3 Å². The minimum absolute atomic E-state index is 0.314. The van der Waals surface area contributed by atoms with Crippen LogP contribution in [0.3, 0.4) is 0 Å². The van der Waals surface area contributed by atoms with Crippen molar-refractivity contribution in [2.45, 2.75) is 116 Å². The van der Waals surface area contributed by atoms with Gasteiger partial charge >= 0.3 is 0 Å². The maximum atomic E-state index is 11.6. The molecule has 0 aromatic heterocycles. The molecule has 16 N–H and O–H groups in total. The Morgan fingerprint density at radius 2 is 0.904 bits per heavy atom. The number of hydrogen-bond acceptors (Lipinski definition) is 22. The van der Waals surface area contributed by atoms with Gasteiger partial charge in [0.15, 0.2) is 22.4 Å². The summed E-state index contributed by atoms with van der Waals surface area (Å²) in [6.45, 7) is -5.51. The van der Waals surface area contributed by atoms with Crippen LogP contribution in [0.4, 0.5) is 0 Å². The molecule has 0 unspecified atom stereocenters. The third-order valence-electron chi connectivity index (χ3n) is 10.5. The van der Waals surface area contributed by atoms with E-state index in [1.54, 1.807) is 0 Å². The van der Waals surface area contributed by atoms with E-state index in [0.29, 0.717) is 9.79 Å². The molecule has 18 atom stereocenters. The van der Waals surface area contributed by atoms with Gasteiger partial charge in [0.1, 0.15) is 84.1 Å². The van der Waals surface area contributed by atoms with Crippen LogP contribution in [-0.4, -0.2) is 228 Å². The molecule has 4 saturated heterocycles. The summed E-state index contributed by atoms with van der Waals surface area (Å²) in [6.07, 6.45) is -23.4. The molecule has 4 aliphatic rings. The number of thioether (sulfide) groups is 2. The Labute approximate surface area is 304 Å². The van der Waals surface area contributed by atoms with Crippen LogP contribution in [0.25, 0.3) is 0 Å². The van der Waals surface area contributed by atoms with Gasteiger partial charge in [0.2, 0.25) is 0 Å². The molecule has 0 amide bonds. The zero-order valence-corrected chi connectivity index (χ0v) is 28.9. The zero-order valence-electron chi connectivity index (χ0n) is 27.2.